The smallest absolute Gasteiger partial charge is 0.125 e. The zero-order valence-corrected chi connectivity index (χ0v) is 8.76. The number of hydrogen-bond acceptors (Lipinski definition) is 2. The molecule has 0 aromatic carbocycles. The molecule has 2 aliphatic rings. The molecular weight excluding hydrogens is 167 g/mol. The lowest BCUT2D eigenvalue weighted by Crippen LogP contribution is -2.54. The Kier molecular flexibility index (Phi) is 2.11. The number of likely N-dealkylation sites (tertiary alicyclic amines) is 2. The fourth-order valence-corrected chi connectivity index (χ4v) is 2.36. The fraction of sp³-hybridized carbons (Fsp3) is 1.00. The summed E-state index contributed by atoms with van der Waals surface area (Å²) < 4.78 is 12.7. The molecule has 2 heterocycles. The molecule has 0 radical (unpaired) electrons. The molecule has 0 amide bonds. The first-order chi connectivity index (χ1) is 5.99. The number of alkyl halides is 1. The van der Waals surface area contributed by atoms with Gasteiger partial charge in [-0.1, -0.05) is 0 Å². The normalized spacial score (nSPS) is 36.5. The summed E-state index contributed by atoms with van der Waals surface area (Å²) >= 11 is 0. The van der Waals surface area contributed by atoms with E-state index in [1.807, 2.05) is 0 Å². The maximum Gasteiger partial charge on any atom is 0.125 e. The highest BCUT2D eigenvalue weighted by Crippen LogP contribution is 2.32. The first-order valence-electron chi connectivity index (χ1n) is 5.08. The molecule has 3 heteroatoms. The van der Waals surface area contributed by atoms with Crippen molar-refractivity contribution in [2.45, 2.75) is 38.0 Å². The summed E-state index contributed by atoms with van der Waals surface area (Å²) in [7, 11) is 2.16. The number of nitrogens with zero attached hydrogens (tertiary/aromatic N) is 2. The number of halogens is 1. The van der Waals surface area contributed by atoms with Crippen LogP contribution in [0.4, 0.5) is 4.39 Å². The van der Waals surface area contributed by atoms with E-state index >= 15 is 0 Å². The second-order valence-electron chi connectivity index (χ2n) is 5.10. The molecule has 0 aromatic heterocycles. The van der Waals surface area contributed by atoms with Crippen LogP contribution < -0.4 is 0 Å². The summed E-state index contributed by atoms with van der Waals surface area (Å²) in [6.07, 6.45) is 0.616. The van der Waals surface area contributed by atoms with Gasteiger partial charge >= 0.3 is 0 Å². The van der Waals surface area contributed by atoms with Crippen LogP contribution in [-0.2, 0) is 0 Å². The van der Waals surface area contributed by atoms with E-state index in [9.17, 15) is 4.39 Å². The molecule has 76 valence electrons. The van der Waals surface area contributed by atoms with Crippen molar-refractivity contribution in [1.82, 2.24) is 9.80 Å². The lowest BCUT2D eigenvalue weighted by Gasteiger charge is -2.39. The second-order valence-corrected chi connectivity index (χ2v) is 5.10. The van der Waals surface area contributed by atoms with Gasteiger partial charge in [0.1, 0.15) is 6.17 Å². The van der Waals surface area contributed by atoms with E-state index in [1.54, 1.807) is 0 Å². The van der Waals surface area contributed by atoms with Gasteiger partial charge in [-0.05, 0) is 27.3 Å². The Hall–Kier alpha value is -0.150. The lowest BCUT2D eigenvalue weighted by atomic mass is 9.98. The quantitative estimate of drug-likeness (QED) is 0.605. The highest BCUT2D eigenvalue weighted by molar-refractivity contribution is 4.98. The summed E-state index contributed by atoms with van der Waals surface area (Å²) in [5.41, 5.74) is 0.298. The largest absolute Gasteiger partial charge is 0.300 e. The molecule has 0 spiro atoms. The van der Waals surface area contributed by atoms with E-state index in [4.69, 9.17) is 0 Å². The average Bonchev–Trinajstić information content (AvgIpc) is 2.20. The minimum absolute atomic E-state index is 0.298. The molecule has 0 bridgehead atoms. The Labute approximate surface area is 79.7 Å². The van der Waals surface area contributed by atoms with Crippen LogP contribution in [0, 0.1) is 0 Å². The van der Waals surface area contributed by atoms with E-state index in [-0.39, 0.29) is 0 Å². The molecule has 2 nitrogen and oxygen atoms in total. The van der Waals surface area contributed by atoms with Crippen molar-refractivity contribution in [1.29, 1.82) is 0 Å². The summed E-state index contributed by atoms with van der Waals surface area (Å²) in [5, 5.41) is 0. The number of hydrogen-bond donors (Lipinski definition) is 0. The molecule has 2 aliphatic heterocycles. The molecule has 0 aliphatic carbocycles. The SMILES string of the molecule is CN1CC(N2CC(F)C2)CC1(C)C. The lowest BCUT2D eigenvalue weighted by molar-refractivity contribution is 0.0308. The molecule has 2 rings (SSSR count). The summed E-state index contributed by atoms with van der Waals surface area (Å²) in [6.45, 7) is 6.95. The first-order valence-corrected chi connectivity index (χ1v) is 5.08. The fourth-order valence-electron chi connectivity index (χ4n) is 2.36. The van der Waals surface area contributed by atoms with Crippen LogP contribution in [0.2, 0.25) is 0 Å². The van der Waals surface area contributed by atoms with Crippen LogP contribution in [0.15, 0.2) is 0 Å². The highest BCUT2D eigenvalue weighted by Gasteiger charge is 2.42. The first kappa shape index (κ1) is 9.41. The van der Waals surface area contributed by atoms with Gasteiger partial charge in [0.15, 0.2) is 0 Å². The molecule has 0 N–H and O–H groups in total. The van der Waals surface area contributed by atoms with E-state index in [2.05, 4.69) is 30.7 Å². The van der Waals surface area contributed by atoms with Gasteiger partial charge in [-0.3, -0.25) is 9.80 Å². The number of rotatable bonds is 1. The van der Waals surface area contributed by atoms with Crippen molar-refractivity contribution in [3.8, 4) is 0 Å². The Morgan fingerprint density at radius 2 is 1.85 bits per heavy atom. The highest BCUT2D eigenvalue weighted by atomic mass is 19.1. The predicted molar refractivity (Wildman–Crippen MR) is 51.6 cm³/mol. The van der Waals surface area contributed by atoms with Gasteiger partial charge in [-0.2, -0.15) is 0 Å². The van der Waals surface area contributed by atoms with Crippen LogP contribution in [0.5, 0.6) is 0 Å². The monoisotopic (exact) mass is 186 g/mol. The predicted octanol–water partition coefficient (Wildman–Crippen LogP) is 1.12. The van der Waals surface area contributed by atoms with Gasteiger partial charge in [0.05, 0.1) is 0 Å². The van der Waals surface area contributed by atoms with E-state index in [1.165, 1.54) is 6.42 Å². The topological polar surface area (TPSA) is 6.48 Å². The summed E-state index contributed by atoms with van der Waals surface area (Å²) in [5.74, 6) is 0. The third kappa shape index (κ3) is 1.59. The van der Waals surface area contributed by atoms with Crippen molar-refractivity contribution in [2.24, 2.45) is 0 Å². The van der Waals surface area contributed by atoms with Gasteiger partial charge in [0.25, 0.3) is 0 Å². The Morgan fingerprint density at radius 3 is 2.23 bits per heavy atom. The molecule has 1 atom stereocenters. The van der Waals surface area contributed by atoms with Crippen molar-refractivity contribution < 1.29 is 4.39 Å². The van der Waals surface area contributed by atoms with Crippen molar-refractivity contribution in [2.75, 3.05) is 26.7 Å². The average molecular weight is 186 g/mol. The summed E-state index contributed by atoms with van der Waals surface area (Å²) in [6, 6.07) is 0.590. The Morgan fingerprint density at radius 1 is 1.23 bits per heavy atom. The molecule has 0 aromatic rings. The molecule has 1 unspecified atom stereocenters. The maximum atomic E-state index is 12.7. The summed E-state index contributed by atoms with van der Waals surface area (Å²) in [4.78, 5) is 4.65. The van der Waals surface area contributed by atoms with Crippen LogP contribution in [-0.4, -0.2) is 54.2 Å². The van der Waals surface area contributed by atoms with Crippen LogP contribution in [0.1, 0.15) is 20.3 Å². The van der Waals surface area contributed by atoms with E-state index < -0.39 is 6.17 Å². The zero-order chi connectivity index (χ0) is 9.64. The third-order valence-electron chi connectivity index (χ3n) is 3.63. The van der Waals surface area contributed by atoms with Gasteiger partial charge in [-0.25, -0.2) is 4.39 Å². The third-order valence-corrected chi connectivity index (χ3v) is 3.63. The maximum absolute atomic E-state index is 12.7. The zero-order valence-electron chi connectivity index (χ0n) is 8.76. The van der Waals surface area contributed by atoms with Crippen LogP contribution in [0.3, 0.4) is 0 Å². The van der Waals surface area contributed by atoms with Crippen molar-refractivity contribution in [3.63, 3.8) is 0 Å². The molecule has 2 fully saturated rings. The standard InChI is InChI=1S/C10H19FN2/c1-10(2)4-9(7-12(10)3)13-5-8(11)6-13/h8-9H,4-7H2,1-3H3. The second kappa shape index (κ2) is 2.92. The van der Waals surface area contributed by atoms with Crippen molar-refractivity contribution >= 4 is 0 Å². The van der Waals surface area contributed by atoms with Gasteiger partial charge in [0, 0.05) is 31.2 Å². The Balaban J connectivity index is 1.91. The van der Waals surface area contributed by atoms with Crippen LogP contribution in [0.25, 0.3) is 0 Å². The molecule has 13 heavy (non-hydrogen) atoms. The van der Waals surface area contributed by atoms with Gasteiger partial charge in [0.2, 0.25) is 0 Å². The van der Waals surface area contributed by atoms with Gasteiger partial charge in [-0.15, -0.1) is 0 Å². The van der Waals surface area contributed by atoms with E-state index in [0.717, 1.165) is 6.54 Å². The minimum Gasteiger partial charge on any atom is -0.300 e. The molecular formula is C10H19FN2. The number of likely N-dealkylation sites (N-methyl/N-ethyl adjacent to an activating group) is 1. The molecule has 2 saturated heterocycles. The van der Waals surface area contributed by atoms with Gasteiger partial charge < -0.3 is 0 Å². The molecule has 0 saturated carbocycles. The van der Waals surface area contributed by atoms with Crippen molar-refractivity contribution in [3.05, 3.63) is 0 Å². The van der Waals surface area contributed by atoms with Crippen LogP contribution >= 0.6 is 0 Å². The van der Waals surface area contributed by atoms with E-state index in [0.29, 0.717) is 24.7 Å². The minimum atomic E-state index is -0.561. The Bertz CT molecular complexity index is 199.